The lowest BCUT2D eigenvalue weighted by atomic mass is 9.96. The number of amides is 2. The molecule has 0 aromatic heterocycles. The molecule has 140 valence electrons. The summed E-state index contributed by atoms with van der Waals surface area (Å²) < 4.78 is 0. The van der Waals surface area contributed by atoms with Gasteiger partial charge in [-0.25, -0.2) is 0 Å². The Labute approximate surface area is 160 Å². The van der Waals surface area contributed by atoms with Gasteiger partial charge in [-0.15, -0.1) is 12.4 Å². The second-order valence-corrected chi connectivity index (χ2v) is 7.04. The molecule has 2 amide bonds. The first kappa shape index (κ1) is 21.7. The van der Waals surface area contributed by atoms with Crippen LogP contribution in [0, 0.1) is 11.8 Å². The number of carbonyl (C=O) groups excluding carboxylic acids is 2. The van der Waals surface area contributed by atoms with E-state index in [1.165, 1.54) is 0 Å². The Morgan fingerprint density at radius 2 is 1.92 bits per heavy atom. The van der Waals surface area contributed by atoms with E-state index < -0.39 is 0 Å². The number of likely N-dealkylation sites (tertiary alicyclic amines) is 1. The van der Waals surface area contributed by atoms with Gasteiger partial charge in [-0.05, 0) is 50.6 Å². The van der Waals surface area contributed by atoms with Gasteiger partial charge in [0, 0.05) is 24.7 Å². The van der Waals surface area contributed by atoms with Gasteiger partial charge in [0.25, 0.3) is 5.91 Å². The van der Waals surface area contributed by atoms with Crippen LogP contribution in [0.15, 0.2) is 18.2 Å². The maximum Gasteiger partial charge on any atom is 0.255 e. The van der Waals surface area contributed by atoms with E-state index in [0.29, 0.717) is 22.2 Å². The molecule has 0 aliphatic carbocycles. The Hall–Kier alpha value is -1.30. The molecule has 0 spiro atoms. The third-order valence-electron chi connectivity index (χ3n) is 4.38. The normalized spacial score (nSPS) is 15.0. The monoisotopic (exact) mass is 387 g/mol. The van der Waals surface area contributed by atoms with Gasteiger partial charge < -0.3 is 15.5 Å². The molecule has 1 aliphatic rings. The lowest BCUT2D eigenvalue weighted by Crippen LogP contribution is -2.40. The van der Waals surface area contributed by atoms with Crippen LogP contribution in [0.3, 0.4) is 0 Å². The van der Waals surface area contributed by atoms with Gasteiger partial charge in [0.05, 0.1) is 10.6 Å². The van der Waals surface area contributed by atoms with Crippen LogP contribution in [0.25, 0.3) is 0 Å². The first-order valence-electron chi connectivity index (χ1n) is 8.46. The van der Waals surface area contributed by atoms with Crippen molar-refractivity contribution < 1.29 is 9.59 Å². The Balaban J connectivity index is 0.00000312. The predicted octanol–water partition coefficient (Wildman–Crippen LogP) is 3.43. The zero-order chi connectivity index (χ0) is 17.7. The van der Waals surface area contributed by atoms with Crippen LogP contribution in [0.4, 0.5) is 5.69 Å². The molecule has 1 heterocycles. The summed E-state index contributed by atoms with van der Waals surface area (Å²) in [5, 5.41) is 6.42. The second kappa shape index (κ2) is 10.00. The number of nitrogens with zero attached hydrogens (tertiary/aromatic N) is 1. The van der Waals surface area contributed by atoms with Crippen LogP contribution < -0.4 is 10.6 Å². The average Bonchev–Trinajstić information content (AvgIpc) is 2.57. The molecule has 1 aromatic rings. The van der Waals surface area contributed by atoms with Crippen LogP contribution in [0.5, 0.6) is 0 Å². The minimum absolute atomic E-state index is 0. The summed E-state index contributed by atoms with van der Waals surface area (Å²) in [6.07, 6.45) is 1.99. The van der Waals surface area contributed by atoms with E-state index >= 15 is 0 Å². The van der Waals surface area contributed by atoms with Crippen molar-refractivity contribution >= 4 is 41.5 Å². The van der Waals surface area contributed by atoms with Crippen LogP contribution in [-0.2, 0) is 4.79 Å². The summed E-state index contributed by atoms with van der Waals surface area (Å²) in [5.74, 6) is 0.351. The molecule has 1 fully saturated rings. The van der Waals surface area contributed by atoms with Gasteiger partial charge in [-0.3, -0.25) is 9.59 Å². The van der Waals surface area contributed by atoms with Crippen molar-refractivity contribution in [2.45, 2.75) is 26.7 Å². The van der Waals surface area contributed by atoms with Crippen molar-refractivity contribution in [1.82, 2.24) is 10.2 Å². The zero-order valence-corrected chi connectivity index (χ0v) is 16.5. The molecule has 0 bridgehead atoms. The summed E-state index contributed by atoms with van der Waals surface area (Å²) in [6, 6.07) is 5.06. The largest absolute Gasteiger partial charge is 0.339 e. The van der Waals surface area contributed by atoms with Crippen molar-refractivity contribution in [2.75, 3.05) is 32.0 Å². The van der Waals surface area contributed by atoms with Gasteiger partial charge in [0.2, 0.25) is 5.91 Å². The number of benzene rings is 1. The minimum Gasteiger partial charge on any atom is -0.339 e. The van der Waals surface area contributed by atoms with Gasteiger partial charge in [0.15, 0.2) is 0 Å². The van der Waals surface area contributed by atoms with Gasteiger partial charge in [0.1, 0.15) is 0 Å². The molecular formula is C18H27Cl2N3O2. The molecular weight excluding hydrogens is 361 g/mol. The van der Waals surface area contributed by atoms with Crippen LogP contribution in [0.1, 0.15) is 37.0 Å². The van der Waals surface area contributed by atoms with Gasteiger partial charge in [-0.1, -0.05) is 25.4 Å². The molecule has 1 saturated heterocycles. The maximum absolute atomic E-state index is 12.8. The molecule has 2 N–H and O–H groups in total. The Bertz CT molecular complexity index is 600. The predicted molar refractivity (Wildman–Crippen MR) is 105 cm³/mol. The lowest BCUT2D eigenvalue weighted by Gasteiger charge is -2.32. The number of carbonyl (C=O) groups is 2. The Kier molecular flexibility index (Phi) is 8.69. The van der Waals surface area contributed by atoms with E-state index in [4.69, 9.17) is 11.6 Å². The molecule has 0 unspecified atom stereocenters. The maximum atomic E-state index is 12.8. The van der Waals surface area contributed by atoms with Crippen LogP contribution >= 0.6 is 24.0 Å². The smallest absolute Gasteiger partial charge is 0.255 e. The molecule has 1 aromatic carbocycles. The van der Waals surface area contributed by atoms with Crippen molar-refractivity contribution in [3.8, 4) is 0 Å². The highest BCUT2D eigenvalue weighted by atomic mass is 35.5. The third kappa shape index (κ3) is 5.87. The molecule has 7 heteroatoms. The first-order chi connectivity index (χ1) is 11.4. The third-order valence-corrected chi connectivity index (χ3v) is 4.71. The van der Waals surface area contributed by atoms with Crippen molar-refractivity contribution in [3.63, 3.8) is 0 Å². The number of halogens is 2. The van der Waals surface area contributed by atoms with Gasteiger partial charge >= 0.3 is 0 Å². The fourth-order valence-corrected chi connectivity index (χ4v) is 3.05. The van der Waals surface area contributed by atoms with E-state index in [0.717, 1.165) is 32.5 Å². The van der Waals surface area contributed by atoms with E-state index in [-0.39, 0.29) is 30.1 Å². The summed E-state index contributed by atoms with van der Waals surface area (Å²) in [6.45, 7) is 6.12. The van der Waals surface area contributed by atoms with E-state index in [1.54, 1.807) is 18.2 Å². The SMILES string of the molecule is CNCC1CCN(C(=O)c2cc(NC(=O)C(C)C)ccc2Cl)CC1.Cl. The molecule has 1 aliphatic heterocycles. The number of piperidine rings is 1. The van der Waals surface area contributed by atoms with Crippen molar-refractivity contribution in [3.05, 3.63) is 28.8 Å². The van der Waals surface area contributed by atoms with E-state index in [9.17, 15) is 9.59 Å². The van der Waals surface area contributed by atoms with Gasteiger partial charge in [-0.2, -0.15) is 0 Å². The molecule has 25 heavy (non-hydrogen) atoms. The highest BCUT2D eigenvalue weighted by molar-refractivity contribution is 6.34. The fourth-order valence-electron chi connectivity index (χ4n) is 2.85. The lowest BCUT2D eigenvalue weighted by molar-refractivity contribution is -0.118. The molecule has 0 saturated carbocycles. The fraction of sp³-hybridized carbons (Fsp3) is 0.556. The summed E-state index contributed by atoms with van der Waals surface area (Å²) in [7, 11) is 1.95. The van der Waals surface area contributed by atoms with E-state index in [1.807, 2.05) is 25.8 Å². The first-order valence-corrected chi connectivity index (χ1v) is 8.84. The number of hydrogen-bond donors (Lipinski definition) is 2. The number of nitrogens with one attached hydrogen (secondary N) is 2. The van der Waals surface area contributed by atoms with Crippen molar-refractivity contribution in [1.29, 1.82) is 0 Å². The summed E-state index contributed by atoms with van der Waals surface area (Å²) in [5.41, 5.74) is 1.05. The quantitative estimate of drug-likeness (QED) is 0.813. The minimum atomic E-state index is -0.119. The van der Waals surface area contributed by atoms with E-state index in [2.05, 4.69) is 10.6 Å². The summed E-state index contributed by atoms with van der Waals surface area (Å²) in [4.78, 5) is 26.5. The second-order valence-electron chi connectivity index (χ2n) is 6.63. The average molecular weight is 388 g/mol. The molecule has 5 nitrogen and oxygen atoms in total. The Morgan fingerprint density at radius 1 is 1.28 bits per heavy atom. The summed E-state index contributed by atoms with van der Waals surface area (Å²) >= 11 is 6.22. The topological polar surface area (TPSA) is 61.4 Å². The van der Waals surface area contributed by atoms with Crippen LogP contribution in [0.2, 0.25) is 5.02 Å². The number of hydrogen-bond acceptors (Lipinski definition) is 3. The standard InChI is InChI=1S/C18H26ClN3O2.ClH/c1-12(2)17(23)21-14-4-5-16(19)15(10-14)18(24)22-8-6-13(7-9-22)11-20-3;/h4-5,10,12-13,20H,6-9,11H2,1-3H3,(H,21,23);1H. The molecule has 0 radical (unpaired) electrons. The highest BCUT2D eigenvalue weighted by Crippen LogP contribution is 2.25. The van der Waals surface area contributed by atoms with Crippen molar-refractivity contribution in [2.24, 2.45) is 11.8 Å². The molecule has 2 rings (SSSR count). The highest BCUT2D eigenvalue weighted by Gasteiger charge is 2.25. The number of anilines is 1. The number of rotatable bonds is 5. The zero-order valence-electron chi connectivity index (χ0n) is 15.0. The van der Waals surface area contributed by atoms with Crippen LogP contribution in [-0.4, -0.2) is 43.4 Å². The molecule has 0 atom stereocenters. The Morgan fingerprint density at radius 3 is 2.48 bits per heavy atom.